The number of anilines is 2. The molecule has 0 aliphatic heterocycles. The molecule has 5 nitrogen and oxygen atoms in total. The standard InChI is InChI=1S/C14H16N4O/c1-10-13(9-19)14(18(3)16-10)17(2)12-6-4-11(8-15)5-7-12/h4-7,19H,9H2,1-3H3. The third kappa shape index (κ3) is 2.30. The van der Waals surface area contributed by atoms with Crippen LogP contribution in [0.4, 0.5) is 11.5 Å². The van der Waals surface area contributed by atoms with Crippen LogP contribution in [-0.4, -0.2) is 21.9 Å². The van der Waals surface area contributed by atoms with Crippen molar-refractivity contribution in [1.82, 2.24) is 9.78 Å². The third-order valence-electron chi connectivity index (χ3n) is 3.17. The fourth-order valence-electron chi connectivity index (χ4n) is 2.18. The van der Waals surface area contributed by atoms with Crippen molar-refractivity contribution in [3.05, 3.63) is 41.1 Å². The van der Waals surface area contributed by atoms with Crippen molar-refractivity contribution in [2.24, 2.45) is 7.05 Å². The van der Waals surface area contributed by atoms with Gasteiger partial charge in [-0.25, -0.2) is 0 Å². The van der Waals surface area contributed by atoms with Crippen LogP contribution in [0.3, 0.4) is 0 Å². The molecule has 1 heterocycles. The number of rotatable bonds is 3. The summed E-state index contributed by atoms with van der Waals surface area (Å²) in [5, 5.41) is 22.6. The van der Waals surface area contributed by atoms with Crippen LogP contribution in [0.15, 0.2) is 24.3 Å². The summed E-state index contributed by atoms with van der Waals surface area (Å²) in [6, 6.07) is 9.39. The van der Waals surface area contributed by atoms with Crippen molar-refractivity contribution in [2.45, 2.75) is 13.5 Å². The molecule has 0 saturated carbocycles. The fraction of sp³-hybridized carbons (Fsp3) is 0.286. The summed E-state index contributed by atoms with van der Waals surface area (Å²) in [7, 11) is 3.76. The minimum atomic E-state index is -0.0460. The number of hydrogen-bond donors (Lipinski definition) is 1. The van der Waals surface area contributed by atoms with Gasteiger partial charge in [-0.05, 0) is 31.2 Å². The lowest BCUT2D eigenvalue weighted by atomic mass is 10.2. The van der Waals surface area contributed by atoms with Crippen LogP contribution < -0.4 is 4.90 Å². The molecule has 2 rings (SSSR count). The predicted molar refractivity (Wildman–Crippen MR) is 73.1 cm³/mol. The summed E-state index contributed by atoms with van der Waals surface area (Å²) < 4.78 is 1.75. The van der Waals surface area contributed by atoms with Crippen LogP contribution in [-0.2, 0) is 13.7 Å². The molecule has 0 spiro atoms. The van der Waals surface area contributed by atoms with Crippen LogP contribution in [0.5, 0.6) is 0 Å². The second kappa shape index (κ2) is 5.12. The molecule has 1 aromatic heterocycles. The van der Waals surface area contributed by atoms with E-state index in [1.807, 2.05) is 38.1 Å². The Labute approximate surface area is 112 Å². The van der Waals surface area contributed by atoms with E-state index in [9.17, 15) is 5.11 Å². The first-order valence-corrected chi connectivity index (χ1v) is 5.95. The largest absolute Gasteiger partial charge is 0.391 e. The Hall–Kier alpha value is -2.32. The molecule has 98 valence electrons. The van der Waals surface area contributed by atoms with Gasteiger partial charge >= 0.3 is 0 Å². The van der Waals surface area contributed by atoms with Crippen LogP contribution in [0.25, 0.3) is 0 Å². The van der Waals surface area contributed by atoms with Gasteiger partial charge in [0, 0.05) is 25.3 Å². The molecule has 1 N–H and O–H groups in total. The zero-order chi connectivity index (χ0) is 14.0. The number of aliphatic hydroxyl groups excluding tert-OH is 1. The molecule has 0 fully saturated rings. The lowest BCUT2D eigenvalue weighted by molar-refractivity contribution is 0.281. The molecule has 0 bridgehead atoms. The van der Waals surface area contributed by atoms with Crippen LogP contribution >= 0.6 is 0 Å². The molecule has 5 heteroatoms. The highest BCUT2D eigenvalue weighted by molar-refractivity contribution is 5.64. The highest BCUT2D eigenvalue weighted by atomic mass is 16.3. The average molecular weight is 256 g/mol. The second-order valence-electron chi connectivity index (χ2n) is 4.39. The minimum Gasteiger partial charge on any atom is -0.391 e. The van der Waals surface area contributed by atoms with Gasteiger partial charge in [0.2, 0.25) is 0 Å². The first-order chi connectivity index (χ1) is 9.08. The summed E-state index contributed by atoms with van der Waals surface area (Å²) in [6.45, 7) is 1.83. The van der Waals surface area contributed by atoms with Crippen LogP contribution in [0.1, 0.15) is 16.8 Å². The van der Waals surface area contributed by atoms with Crippen molar-refractivity contribution in [1.29, 1.82) is 5.26 Å². The molecule has 2 aromatic rings. The molecule has 0 unspecified atom stereocenters. The Balaban J connectivity index is 2.43. The number of hydrogen-bond acceptors (Lipinski definition) is 4. The van der Waals surface area contributed by atoms with Crippen LogP contribution in [0, 0.1) is 18.3 Å². The number of aryl methyl sites for hydroxylation is 2. The first kappa shape index (κ1) is 13.1. The van der Waals surface area contributed by atoms with E-state index in [4.69, 9.17) is 5.26 Å². The maximum absolute atomic E-state index is 9.47. The van der Waals surface area contributed by atoms with E-state index in [0.29, 0.717) is 5.56 Å². The van der Waals surface area contributed by atoms with Crippen molar-refractivity contribution >= 4 is 11.5 Å². The quantitative estimate of drug-likeness (QED) is 0.910. The summed E-state index contributed by atoms with van der Waals surface area (Å²) in [4.78, 5) is 1.95. The third-order valence-corrected chi connectivity index (χ3v) is 3.17. The molecule has 0 radical (unpaired) electrons. The molecule has 1 aromatic carbocycles. The topological polar surface area (TPSA) is 65.1 Å². The molecule has 0 amide bonds. The van der Waals surface area contributed by atoms with E-state index in [0.717, 1.165) is 22.8 Å². The Morgan fingerprint density at radius 3 is 2.53 bits per heavy atom. The van der Waals surface area contributed by atoms with Crippen molar-refractivity contribution in [3.63, 3.8) is 0 Å². The smallest absolute Gasteiger partial charge is 0.136 e. The average Bonchev–Trinajstić information content (AvgIpc) is 2.72. The van der Waals surface area contributed by atoms with Gasteiger partial charge in [-0.1, -0.05) is 0 Å². The predicted octanol–water partition coefficient (Wildman–Crippen LogP) is 1.86. The Morgan fingerprint density at radius 1 is 1.37 bits per heavy atom. The number of nitriles is 1. The second-order valence-corrected chi connectivity index (χ2v) is 4.39. The van der Waals surface area contributed by atoms with Gasteiger partial charge in [0.05, 0.1) is 23.9 Å². The SMILES string of the molecule is Cc1nn(C)c(N(C)c2ccc(C#N)cc2)c1CO. The lowest BCUT2D eigenvalue weighted by Gasteiger charge is -2.20. The lowest BCUT2D eigenvalue weighted by Crippen LogP contribution is -2.15. The zero-order valence-electron chi connectivity index (χ0n) is 11.3. The Kier molecular flexibility index (Phi) is 3.54. The maximum Gasteiger partial charge on any atom is 0.136 e. The number of nitrogens with zero attached hydrogens (tertiary/aromatic N) is 4. The molecule has 19 heavy (non-hydrogen) atoms. The Morgan fingerprint density at radius 2 is 2.00 bits per heavy atom. The molecular weight excluding hydrogens is 240 g/mol. The minimum absolute atomic E-state index is 0.0460. The van der Waals surface area contributed by atoms with E-state index >= 15 is 0 Å². The van der Waals surface area contributed by atoms with E-state index in [1.165, 1.54) is 0 Å². The van der Waals surface area contributed by atoms with Gasteiger partial charge in [-0.2, -0.15) is 10.4 Å². The summed E-state index contributed by atoms with van der Waals surface area (Å²) in [6.07, 6.45) is 0. The van der Waals surface area contributed by atoms with Crippen LogP contribution in [0.2, 0.25) is 0 Å². The number of aliphatic hydroxyl groups is 1. The number of benzene rings is 1. The van der Waals surface area contributed by atoms with Gasteiger partial charge in [-0.3, -0.25) is 4.68 Å². The van der Waals surface area contributed by atoms with Gasteiger partial charge < -0.3 is 10.0 Å². The zero-order valence-corrected chi connectivity index (χ0v) is 11.3. The molecule has 0 aliphatic carbocycles. The highest BCUT2D eigenvalue weighted by Gasteiger charge is 2.17. The highest BCUT2D eigenvalue weighted by Crippen LogP contribution is 2.28. The molecular formula is C14H16N4O. The van der Waals surface area contributed by atoms with E-state index in [1.54, 1.807) is 16.8 Å². The Bertz CT molecular complexity index is 622. The monoisotopic (exact) mass is 256 g/mol. The summed E-state index contributed by atoms with van der Waals surface area (Å²) >= 11 is 0. The van der Waals surface area contributed by atoms with Gasteiger partial charge in [-0.15, -0.1) is 0 Å². The van der Waals surface area contributed by atoms with Gasteiger partial charge in [0.1, 0.15) is 5.82 Å². The molecule has 0 aliphatic rings. The fourth-order valence-corrected chi connectivity index (χ4v) is 2.18. The molecule has 0 saturated heterocycles. The van der Waals surface area contributed by atoms with E-state index in [2.05, 4.69) is 11.2 Å². The summed E-state index contributed by atoms with van der Waals surface area (Å²) in [5.74, 6) is 0.852. The first-order valence-electron chi connectivity index (χ1n) is 5.95. The van der Waals surface area contributed by atoms with E-state index < -0.39 is 0 Å². The normalized spacial score (nSPS) is 10.3. The van der Waals surface area contributed by atoms with Crippen molar-refractivity contribution in [3.8, 4) is 6.07 Å². The molecule has 0 atom stereocenters. The van der Waals surface area contributed by atoms with Crippen molar-refractivity contribution < 1.29 is 5.11 Å². The number of aromatic nitrogens is 2. The van der Waals surface area contributed by atoms with Crippen molar-refractivity contribution in [2.75, 3.05) is 11.9 Å². The maximum atomic E-state index is 9.47. The van der Waals surface area contributed by atoms with Gasteiger partial charge in [0.25, 0.3) is 0 Å². The summed E-state index contributed by atoms with van der Waals surface area (Å²) in [5.41, 5.74) is 3.20. The van der Waals surface area contributed by atoms with Gasteiger partial charge in [0.15, 0.2) is 0 Å². The van der Waals surface area contributed by atoms with E-state index in [-0.39, 0.29) is 6.61 Å².